The topological polar surface area (TPSA) is 50.5 Å². The summed E-state index contributed by atoms with van der Waals surface area (Å²) in [6, 6.07) is 7.94. The molecule has 0 unspecified atom stereocenters. The van der Waals surface area contributed by atoms with Crippen molar-refractivity contribution < 1.29 is 4.79 Å². The molecular weight excluding hydrogens is 300 g/mol. The number of imidazole rings is 1. The Morgan fingerprint density at radius 3 is 2.79 bits per heavy atom. The Morgan fingerprint density at radius 2 is 1.92 bits per heavy atom. The summed E-state index contributed by atoms with van der Waals surface area (Å²) in [6.07, 6.45) is 13.5. The first-order valence-electron chi connectivity index (χ1n) is 8.46. The van der Waals surface area contributed by atoms with Gasteiger partial charge < -0.3 is 9.30 Å². The number of carbonyl (C=O) groups is 1. The van der Waals surface area contributed by atoms with Crippen LogP contribution in [0.15, 0.2) is 55.2 Å². The van der Waals surface area contributed by atoms with Crippen molar-refractivity contribution in [2.24, 2.45) is 0 Å². The molecule has 0 saturated carbocycles. The lowest BCUT2D eigenvalue weighted by atomic mass is 10.0. The van der Waals surface area contributed by atoms with E-state index >= 15 is 0 Å². The molecule has 0 radical (unpaired) electrons. The summed E-state index contributed by atoms with van der Waals surface area (Å²) >= 11 is 0. The van der Waals surface area contributed by atoms with Crippen LogP contribution in [0, 0.1) is 0 Å². The monoisotopic (exact) mass is 320 g/mol. The summed E-state index contributed by atoms with van der Waals surface area (Å²) in [5.74, 6) is 0.0920. The molecule has 5 nitrogen and oxygen atoms in total. The van der Waals surface area contributed by atoms with E-state index in [1.54, 1.807) is 18.6 Å². The fourth-order valence-corrected chi connectivity index (χ4v) is 3.50. The highest BCUT2D eigenvalue weighted by atomic mass is 16.2. The van der Waals surface area contributed by atoms with Crippen LogP contribution in [0.2, 0.25) is 0 Å². The van der Waals surface area contributed by atoms with Gasteiger partial charge in [0.2, 0.25) is 0 Å². The second-order valence-electron chi connectivity index (χ2n) is 6.25. The summed E-state index contributed by atoms with van der Waals surface area (Å²) in [5, 5.41) is 0. The second-order valence-corrected chi connectivity index (χ2v) is 6.25. The third-order valence-corrected chi connectivity index (χ3v) is 4.74. The van der Waals surface area contributed by atoms with Gasteiger partial charge in [-0.15, -0.1) is 0 Å². The van der Waals surface area contributed by atoms with E-state index in [9.17, 15) is 4.79 Å². The van der Waals surface area contributed by atoms with Crippen molar-refractivity contribution in [2.75, 3.05) is 6.54 Å². The first-order chi connectivity index (χ1) is 11.8. The van der Waals surface area contributed by atoms with Crippen LogP contribution in [-0.2, 0) is 0 Å². The zero-order chi connectivity index (χ0) is 16.4. The number of likely N-dealkylation sites (tertiary alicyclic amines) is 1. The first-order valence-corrected chi connectivity index (χ1v) is 8.46. The van der Waals surface area contributed by atoms with E-state index in [1.165, 1.54) is 12.0 Å². The molecule has 1 saturated heterocycles. The maximum Gasteiger partial charge on any atom is 0.255 e. The molecule has 3 aromatic rings. The average molecular weight is 320 g/mol. The highest BCUT2D eigenvalue weighted by molar-refractivity contribution is 5.94. The lowest BCUT2D eigenvalue weighted by Crippen LogP contribution is -2.35. The maximum atomic E-state index is 13.2. The number of carbonyl (C=O) groups excluding carboxylic acids is 1. The van der Waals surface area contributed by atoms with Gasteiger partial charge in [0.05, 0.1) is 11.6 Å². The minimum Gasteiger partial charge on any atom is -0.332 e. The lowest BCUT2D eigenvalue weighted by Gasteiger charge is -2.30. The van der Waals surface area contributed by atoms with Crippen LogP contribution >= 0.6 is 0 Å². The van der Waals surface area contributed by atoms with Crippen molar-refractivity contribution in [1.29, 1.82) is 0 Å². The third kappa shape index (κ3) is 2.77. The number of aromatic nitrogens is 3. The Balaban J connectivity index is 1.68. The average Bonchev–Trinajstić information content (AvgIpc) is 2.96. The van der Waals surface area contributed by atoms with Crippen molar-refractivity contribution in [3.63, 3.8) is 0 Å². The molecule has 1 aliphatic heterocycles. The van der Waals surface area contributed by atoms with Crippen molar-refractivity contribution in [1.82, 2.24) is 19.3 Å². The van der Waals surface area contributed by atoms with Gasteiger partial charge in [-0.3, -0.25) is 9.78 Å². The van der Waals surface area contributed by atoms with Crippen LogP contribution < -0.4 is 0 Å². The Morgan fingerprint density at radius 1 is 1.04 bits per heavy atom. The minimum atomic E-state index is 0.0920. The molecule has 4 heterocycles. The zero-order valence-electron chi connectivity index (χ0n) is 13.5. The van der Waals surface area contributed by atoms with E-state index in [4.69, 9.17) is 0 Å². The summed E-state index contributed by atoms with van der Waals surface area (Å²) in [7, 11) is 0. The zero-order valence-corrected chi connectivity index (χ0v) is 13.5. The molecule has 4 rings (SSSR count). The van der Waals surface area contributed by atoms with Crippen molar-refractivity contribution in [3.05, 3.63) is 66.4 Å². The Kier molecular flexibility index (Phi) is 3.99. The molecule has 0 aromatic carbocycles. The van der Waals surface area contributed by atoms with Gasteiger partial charge in [0.15, 0.2) is 0 Å². The largest absolute Gasteiger partial charge is 0.332 e. The number of nitrogens with zero attached hydrogens (tertiary/aromatic N) is 4. The number of hydrogen-bond acceptors (Lipinski definition) is 3. The molecule has 1 fully saturated rings. The van der Waals surface area contributed by atoms with E-state index in [0.29, 0.717) is 5.56 Å². The predicted molar refractivity (Wildman–Crippen MR) is 91.7 cm³/mol. The Labute approximate surface area is 141 Å². The minimum absolute atomic E-state index is 0.0920. The summed E-state index contributed by atoms with van der Waals surface area (Å²) < 4.78 is 1.90. The fraction of sp³-hybridized carbons (Fsp3) is 0.316. The quantitative estimate of drug-likeness (QED) is 0.726. The van der Waals surface area contributed by atoms with Crippen LogP contribution in [0.4, 0.5) is 0 Å². The second kappa shape index (κ2) is 6.43. The Bertz CT molecular complexity index is 843. The summed E-state index contributed by atoms with van der Waals surface area (Å²) in [6.45, 7) is 0.799. The molecule has 0 aliphatic carbocycles. The summed E-state index contributed by atoms with van der Waals surface area (Å²) in [4.78, 5) is 23.6. The fourth-order valence-electron chi connectivity index (χ4n) is 3.50. The molecule has 0 bridgehead atoms. The van der Waals surface area contributed by atoms with Crippen LogP contribution in [0.25, 0.3) is 5.65 Å². The van der Waals surface area contributed by atoms with Crippen molar-refractivity contribution in [2.45, 2.75) is 31.7 Å². The van der Waals surface area contributed by atoms with Crippen LogP contribution in [0.5, 0.6) is 0 Å². The van der Waals surface area contributed by atoms with Crippen molar-refractivity contribution in [3.8, 4) is 0 Å². The summed E-state index contributed by atoms with van der Waals surface area (Å²) in [5.41, 5.74) is 2.73. The first kappa shape index (κ1) is 14.9. The van der Waals surface area contributed by atoms with E-state index in [2.05, 4.69) is 9.97 Å². The van der Waals surface area contributed by atoms with Crippen LogP contribution in [0.3, 0.4) is 0 Å². The number of rotatable bonds is 2. The molecule has 1 atom stereocenters. The molecule has 0 N–H and O–H groups in total. The van der Waals surface area contributed by atoms with Crippen LogP contribution in [0.1, 0.15) is 47.6 Å². The van der Waals surface area contributed by atoms with Gasteiger partial charge in [-0.2, -0.15) is 0 Å². The smallest absolute Gasteiger partial charge is 0.255 e. The standard InChI is InChI=1S/C19H20N4O/c24-19(16-5-6-18-21-11-13-22(18)14-16)23-12-3-1-2-4-17(23)15-7-9-20-10-8-15/h5-11,13-14,17H,1-4,12H2/t17-/m0/s1. The van der Waals surface area contributed by atoms with Gasteiger partial charge in [0.25, 0.3) is 5.91 Å². The lowest BCUT2D eigenvalue weighted by molar-refractivity contribution is 0.0680. The normalized spacial score (nSPS) is 18.5. The molecule has 1 aliphatic rings. The molecular formula is C19H20N4O. The van der Waals surface area contributed by atoms with Crippen LogP contribution in [-0.4, -0.2) is 31.7 Å². The number of hydrogen-bond donors (Lipinski definition) is 0. The van der Waals surface area contributed by atoms with E-state index in [-0.39, 0.29) is 11.9 Å². The molecule has 3 aromatic heterocycles. The van der Waals surface area contributed by atoms with Gasteiger partial charge in [-0.05, 0) is 42.7 Å². The predicted octanol–water partition coefficient (Wildman–Crippen LogP) is 3.49. The Hall–Kier alpha value is -2.69. The van der Waals surface area contributed by atoms with E-state index < -0.39 is 0 Å². The van der Waals surface area contributed by atoms with Crippen molar-refractivity contribution >= 4 is 11.6 Å². The number of pyridine rings is 2. The number of fused-ring (bicyclic) bond motifs is 1. The molecule has 122 valence electrons. The van der Waals surface area contributed by atoms with E-state index in [0.717, 1.165) is 31.5 Å². The van der Waals surface area contributed by atoms with E-state index in [1.807, 2.05) is 46.0 Å². The maximum absolute atomic E-state index is 13.2. The molecule has 5 heteroatoms. The third-order valence-electron chi connectivity index (χ3n) is 4.74. The van der Waals surface area contributed by atoms with Gasteiger partial charge in [-0.1, -0.05) is 12.8 Å². The molecule has 24 heavy (non-hydrogen) atoms. The highest BCUT2D eigenvalue weighted by Gasteiger charge is 2.27. The highest BCUT2D eigenvalue weighted by Crippen LogP contribution is 2.31. The molecule has 0 spiro atoms. The van der Waals surface area contributed by atoms with Gasteiger partial charge in [-0.25, -0.2) is 4.98 Å². The molecule has 1 amide bonds. The van der Waals surface area contributed by atoms with Gasteiger partial charge in [0, 0.05) is 37.5 Å². The number of amides is 1. The SMILES string of the molecule is O=C(c1ccc2nccn2c1)N1CCCCC[C@H]1c1ccncc1. The van der Waals surface area contributed by atoms with Gasteiger partial charge in [0.1, 0.15) is 5.65 Å². The van der Waals surface area contributed by atoms with Gasteiger partial charge >= 0.3 is 0 Å².